The van der Waals surface area contributed by atoms with Gasteiger partial charge in [-0.15, -0.1) is 0 Å². The van der Waals surface area contributed by atoms with E-state index < -0.39 is 0 Å². The largest absolute Gasteiger partial charge is 0.275 e. The van der Waals surface area contributed by atoms with E-state index in [2.05, 4.69) is 21.3 Å². The van der Waals surface area contributed by atoms with Crippen molar-refractivity contribution in [2.45, 2.75) is 24.4 Å². The molecule has 0 aromatic carbocycles. The predicted octanol–water partition coefficient (Wildman–Crippen LogP) is 2.55. The second-order valence-electron chi connectivity index (χ2n) is 4.74. The van der Waals surface area contributed by atoms with Crippen LogP contribution >= 0.6 is 11.8 Å². The number of rotatable bonds is 4. The molecule has 0 unspecified atom stereocenters. The molecule has 18 heavy (non-hydrogen) atoms. The Kier molecular flexibility index (Phi) is 3.07. The van der Waals surface area contributed by atoms with Crippen LogP contribution in [-0.2, 0) is 13.5 Å². The number of thioether (sulfide) groups is 1. The molecule has 0 aliphatic heterocycles. The molecule has 2 aromatic heterocycles. The predicted molar refractivity (Wildman–Crippen MR) is 72.4 cm³/mol. The lowest BCUT2D eigenvalue weighted by atomic mass is 10.1. The first kappa shape index (κ1) is 11.7. The van der Waals surface area contributed by atoms with E-state index in [1.807, 2.05) is 30.2 Å². The molecule has 94 valence electrons. The quantitative estimate of drug-likeness (QED) is 0.626. The highest BCUT2D eigenvalue weighted by Gasteiger charge is 2.25. The van der Waals surface area contributed by atoms with E-state index in [9.17, 15) is 0 Å². The van der Waals surface area contributed by atoms with E-state index >= 15 is 0 Å². The van der Waals surface area contributed by atoms with Crippen molar-refractivity contribution >= 4 is 11.8 Å². The molecular weight excluding hydrogens is 244 g/mol. The summed E-state index contributed by atoms with van der Waals surface area (Å²) in [7, 11) is 1.97. The lowest BCUT2D eigenvalue weighted by Gasteiger charge is -2.02. The van der Waals surface area contributed by atoms with Gasteiger partial charge in [-0.1, -0.05) is 11.8 Å². The SMILES string of the molecule is CSc1nccc(-c2cn(C)nc2CC2CC2)n1. The Morgan fingerprint density at radius 2 is 2.28 bits per heavy atom. The topological polar surface area (TPSA) is 43.6 Å². The van der Waals surface area contributed by atoms with E-state index in [1.165, 1.54) is 18.5 Å². The van der Waals surface area contributed by atoms with Gasteiger partial charge in [0.15, 0.2) is 5.16 Å². The Hall–Kier alpha value is -1.36. The van der Waals surface area contributed by atoms with Crippen LogP contribution < -0.4 is 0 Å². The van der Waals surface area contributed by atoms with Crippen molar-refractivity contribution in [2.24, 2.45) is 13.0 Å². The molecule has 5 heteroatoms. The van der Waals surface area contributed by atoms with E-state index in [-0.39, 0.29) is 0 Å². The van der Waals surface area contributed by atoms with Gasteiger partial charge in [0.25, 0.3) is 0 Å². The Morgan fingerprint density at radius 1 is 1.44 bits per heavy atom. The standard InChI is InChI=1S/C13H16N4S/c1-17-8-10(12(16-17)7-9-3-4-9)11-5-6-14-13(15-11)18-2/h5-6,8-9H,3-4,7H2,1-2H3. The van der Waals surface area contributed by atoms with Gasteiger partial charge in [0, 0.05) is 25.0 Å². The van der Waals surface area contributed by atoms with Gasteiger partial charge in [-0.3, -0.25) is 4.68 Å². The molecule has 1 saturated carbocycles. The van der Waals surface area contributed by atoms with Crippen LogP contribution in [0.4, 0.5) is 0 Å². The third-order valence-electron chi connectivity index (χ3n) is 3.18. The summed E-state index contributed by atoms with van der Waals surface area (Å²) in [6.45, 7) is 0. The molecule has 4 nitrogen and oxygen atoms in total. The van der Waals surface area contributed by atoms with E-state index in [1.54, 1.807) is 11.8 Å². The van der Waals surface area contributed by atoms with Crippen LogP contribution in [0.2, 0.25) is 0 Å². The van der Waals surface area contributed by atoms with Crippen LogP contribution in [0.25, 0.3) is 11.3 Å². The van der Waals surface area contributed by atoms with Gasteiger partial charge in [-0.2, -0.15) is 5.10 Å². The van der Waals surface area contributed by atoms with Crippen molar-refractivity contribution < 1.29 is 0 Å². The first-order valence-electron chi connectivity index (χ1n) is 6.16. The highest BCUT2D eigenvalue weighted by atomic mass is 32.2. The Bertz CT molecular complexity index is 560. The zero-order valence-corrected chi connectivity index (χ0v) is 11.4. The number of hydrogen-bond acceptors (Lipinski definition) is 4. The maximum absolute atomic E-state index is 4.57. The summed E-state index contributed by atoms with van der Waals surface area (Å²) in [6.07, 6.45) is 9.64. The van der Waals surface area contributed by atoms with Crippen molar-refractivity contribution in [1.29, 1.82) is 0 Å². The zero-order valence-electron chi connectivity index (χ0n) is 10.6. The minimum atomic E-state index is 0.814. The molecule has 0 N–H and O–H groups in total. The van der Waals surface area contributed by atoms with Crippen LogP contribution in [0.15, 0.2) is 23.6 Å². The number of aromatic nitrogens is 4. The lowest BCUT2D eigenvalue weighted by molar-refractivity contribution is 0.716. The number of nitrogens with zero attached hydrogens (tertiary/aromatic N) is 4. The van der Waals surface area contributed by atoms with E-state index in [4.69, 9.17) is 0 Å². The van der Waals surface area contributed by atoms with Crippen molar-refractivity contribution in [1.82, 2.24) is 19.7 Å². The summed E-state index contributed by atoms with van der Waals surface area (Å²) >= 11 is 1.57. The molecule has 0 spiro atoms. The average Bonchev–Trinajstić information content (AvgIpc) is 3.12. The summed E-state index contributed by atoms with van der Waals surface area (Å²) in [5.74, 6) is 0.834. The van der Waals surface area contributed by atoms with Gasteiger partial charge >= 0.3 is 0 Å². The fourth-order valence-electron chi connectivity index (χ4n) is 2.08. The highest BCUT2D eigenvalue weighted by molar-refractivity contribution is 7.98. The minimum absolute atomic E-state index is 0.814. The molecule has 0 amide bonds. The molecule has 1 aliphatic carbocycles. The maximum atomic E-state index is 4.57. The molecular formula is C13H16N4S. The Labute approximate surface area is 111 Å². The highest BCUT2D eigenvalue weighted by Crippen LogP contribution is 2.34. The van der Waals surface area contributed by atoms with Gasteiger partial charge in [-0.25, -0.2) is 9.97 Å². The molecule has 2 heterocycles. The fraction of sp³-hybridized carbons (Fsp3) is 0.462. The molecule has 0 saturated heterocycles. The Balaban J connectivity index is 1.98. The number of aryl methyl sites for hydroxylation is 1. The van der Waals surface area contributed by atoms with Gasteiger partial charge in [0.2, 0.25) is 0 Å². The normalized spacial score (nSPS) is 15.0. The van der Waals surface area contributed by atoms with Crippen LogP contribution in [0, 0.1) is 5.92 Å². The maximum Gasteiger partial charge on any atom is 0.187 e. The molecule has 0 radical (unpaired) electrons. The second kappa shape index (κ2) is 4.72. The smallest absolute Gasteiger partial charge is 0.187 e. The van der Waals surface area contributed by atoms with Crippen molar-refractivity contribution in [2.75, 3.05) is 6.26 Å². The van der Waals surface area contributed by atoms with Crippen molar-refractivity contribution in [3.63, 3.8) is 0 Å². The first-order valence-corrected chi connectivity index (χ1v) is 7.38. The van der Waals surface area contributed by atoms with Gasteiger partial charge in [0.05, 0.1) is 11.4 Å². The average molecular weight is 260 g/mol. The third-order valence-corrected chi connectivity index (χ3v) is 3.74. The molecule has 1 aliphatic rings. The summed E-state index contributed by atoms with van der Waals surface area (Å²) in [6, 6.07) is 1.97. The fourth-order valence-corrected chi connectivity index (χ4v) is 2.44. The molecule has 3 rings (SSSR count). The third kappa shape index (κ3) is 2.41. The minimum Gasteiger partial charge on any atom is -0.275 e. The van der Waals surface area contributed by atoms with Crippen molar-refractivity contribution in [3.05, 3.63) is 24.2 Å². The van der Waals surface area contributed by atoms with Gasteiger partial charge in [-0.05, 0) is 37.5 Å². The lowest BCUT2D eigenvalue weighted by Crippen LogP contribution is -1.95. The van der Waals surface area contributed by atoms with E-state index in [0.29, 0.717) is 0 Å². The van der Waals surface area contributed by atoms with Crippen molar-refractivity contribution in [3.8, 4) is 11.3 Å². The first-order chi connectivity index (χ1) is 8.76. The summed E-state index contributed by atoms with van der Waals surface area (Å²) < 4.78 is 1.88. The van der Waals surface area contributed by atoms with Crippen LogP contribution in [0.5, 0.6) is 0 Å². The van der Waals surface area contributed by atoms with Gasteiger partial charge < -0.3 is 0 Å². The zero-order chi connectivity index (χ0) is 12.5. The van der Waals surface area contributed by atoms with Crippen LogP contribution in [-0.4, -0.2) is 26.0 Å². The second-order valence-corrected chi connectivity index (χ2v) is 5.51. The molecule has 2 aromatic rings. The van der Waals surface area contributed by atoms with Crippen LogP contribution in [0.1, 0.15) is 18.5 Å². The summed E-state index contributed by atoms with van der Waals surface area (Å²) in [4.78, 5) is 8.78. The molecule has 0 atom stereocenters. The monoisotopic (exact) mass is 260 g/mol. The molecule has 0 bridgehead atoms. The van der Waals surface area contributed by atoms with Crippen LogP contribution in [0.3, 0.4) is 0 Å². The molecule has 1 fully saturated rings. The summed E-state index contributed by atoms with van der Waals surface area (Å²) in [5.41, 5.74) is 3.31. The number of hydrogen-bond donors (Lipinski definition) is 0. The Morgan fingerprint density at radius 3 is 3.00 bits per heavy atom. The summed E-state index contributed by atoms with van der Waals surface area (Å²) in [5, 5.41) is 5.39. The van der Waals surface area contributed by atoms with Gasteiger partial charge in [0.1, 0.15) is 0 Å². The van der Waals surface area contributed by atoms with E-state index in [0.717, 1.165) is 28.8 Å².